The first-order chi connectivity index (χ1) is 26.8. The van der Waals surface area contributed by atoms with Crippen molar-refractivity contribution in [3.05, 3.63) is 36.0 Å². The highest BCUT2D eigenvalue weighted by Crippen LogP contribution is 2.22. The molecule has 0 spiro atoms. The number of rotatable bonds is 24. The van der Waals surface area contributed by atoms with E-state index in [4.69, 9.17) is 17.2 Å². The molecule has 0 saturated carbocycles. The molecule has 18 heteroatoms. The van der Waals surface area contributed by atoms with Crippen LogP contribution in [0.4, 0.5) is 0 Å². The molecule has 0 aliphatic heterocycles. The maximum Gasteiger partial charge on any atom is 0.326 e. The second kappa shape index (κ2) is 23.1. The Balaban J connectivity index is 2.32. The third-order valence-electron chi connectivity index (χ3n) is 9.41. The first-order valence-corrected chi connectivity index (χ1v) is 19.5. The molecule has 57 heavy (non-hydrogen) atoms. The summed E-state index contributed by atoms with van der Waals surface area (Å²) < 4.78 is 0. The number of aliphatic carboxylic acids is 1. The molecule has 2 aromatic rings. The Morgan fingerprint density at radius 3 is 1.96 bits per heavy atom. The second-order valence-electron chi connectivity index (χ2n) is 15.8. The van der Waals surface area contributed by atoms with Gasteiger partial charge >= 0.3 is 5.97 Å². The molecule has 0 bridgehead atoms. The number of para-hydroxylation sites is 1. The molecular weight excluding hydrogens is 734 g/mol. The van der Waals surface area contributed by atoms with Crippen LogP contribution in [0, 0.1) is 11.3 Å². The molecule has 5 amide bonds. The number of nitrogens with zero attached hydrogens (tertiary/aromatic N) is 1. The van der Waals surface area contributed by atoms with Crippen molar-refractivity contribution in [2.45, 2.75) is 123 Å². The van der Waals surface area contributed by atoms with Crippen molar-refractivity contribution < 1.29 is 33.9 Å². The van der Waals surface area contributed by atoms with E-state index in [2.05, 4.69) is 41.9 Å². The van der Waals surface area contributed by atoms with E-state index in [1.54, 1.807) is 34.0 Å². The maximum atomic E-state index is 14.1. The van der Waals surface area contributed by atoms with Crippen molar-refractivity contribution in [3.8, 4) is 0 Å². The molecular formula is C39H65N11O7. The zero-order valence-corrected chi connectivity index (χ0v) is 34.4. The van der Waals surface area contributed by atoms with Crippen molar-refractivity contribution in [2.24, 2.45) is 33.5 Å². The van der Waals surface area contributed by atoms with Crippen LogP contribution in [0.1, 0.15) is 85.6 Å². The summed E-state index contributed by atoms with van der Waals surface area (Å²) in [4.78, 5) is 87.4. The van der Waals surface area contributed by atoms with E-state index in [0.29, 0.717) is 44.3 Å². The molecule has 0 radical (unpaired) electrons. The van der Waals surface area contributed by atoms with Crippen molar-refractivity contribution in [1.29, 1.82) is 0 Å². The molecule has 0 unspecified atom stereocenters. The number of nitrogens with two attached hydrogens (primary N) is 3. The molecule has 14 N–H and O–H groups in total. The fourth-order valence-electron chi connectivity index (χ4n) is 6.22. The van der Waals surface area contributed by atoms with E-state index in [-0.39, 0.29) is 31.1 Å². The van der Waals surface area contributed by atoms with Crippen LogP contribution in [-0.4, -0.2) is 108 Å². The van der Waals surface area contributed by atoms with Gasteiger partial charge < -0.3 is 59.2 Å². The van der Waals surface area contributed by atoms with E-state index in [9.17, 15) is 33.9 Å². The number of benzene rings is 1. The minimum Gasteiger partial charge on any atom is -0.480 e. The number of guanidine groups is 1. The van der Waals surface area contributed by atoms with Crippen LogP contribution in [0.5, 0.6) is 0 Å². The lowest BCUT2D eigenvalue weighted by Gasteiger charge is -2.33. The number of carbonyl (C=O) groups is 6. The molecule has 6 atom stereocenters. The predicted octanol–water partition coefficient (Wildman–Crippen LogP) is 0.102. The smallest absolute Gasteiger partial charge is 0.326 e. The Morgan fingerprint density at radius 2 is 1.37 bits per heavy atom. The van der Waals surface area contributed by atoms with Gasteiger partial charge in [-0.1, -0.05) is 52.8 Å². The average molecular weight is 800 g/mol. The number of fused-ring (bicyclic) bond motifs is 1. The fraction of sp³-hybridized carbons (Fsp3) is 0.615. The Kier molecular flexibility index (Phi) is 19.4. The number of aromatic amines is 1. The molecule has 2 rings (SSSR count). The normalized spacial score (nSPS) is 14.7. The molecule has 18 nitrogen and oxygen atoms in total. The zero-order chi connectivity index (χ0) is 42.9. The second-order valence-corrected chi connectivity index (χ2v) is 15.8. The standard InChI is InChI=1S/C39H65N11O7/c1-22(2)19-30(37(56)57)49-36(55)31(39(4,5)6)50-35(54)29(20-24-21-45-26-14-9-8-13-25(24)26)48-32(51)23(3)46-34(53)28(15-10-11-17-40)47-33(52)27(43-7)16-12-18-44-38(41)42/h8-9,13-14,21-23,27-31,43,45H,10-12,15-20,40H2,1-7H3,(H,46,53)(H,47,52)(H,48,51)(H,49,55)(H,50,54)(H,56,57)(H4,41,42,44)/t23-,27-,28-,29-,30-,31+/m0/s1. The maximum absolute atomic E-state index is 14.1. The summed E-state index contributed by atoms with van der Waals surface area (Å²) >= 11 is 0. The number of likely N-dealkylation sites (N-methyl/N-ethyl adjacent to an activating group) is 1. The first kappa shape index (κ1) is 47.9. The average Bonchev–Trinajstić information content (AvgIpc) is 3.54. The number of nitrogens with one attached hydrogen (secondary N) is 7. The zero-order valence-electron chi connectivity index (χ0n) is 34.4. The molecule has 0 aliphatic rings. The number of hydrogen-bond acceptors (Lipinski definition) is 9. The van der Waals surface area contributed by atoms with Gasteiger partial charge in [-0.25, -0.2) is 4.79 Å². The Labute approximate surface area is 335 Å². The third kappa shape index (κ3) is 16.0. The van der Waals surface area contributed by atoms with Crippen LogP contribution < -0.4 is 49.1 Å². The summed E-state index contributed by atoms with van der Waals surface area (Å²) in [6.07, 6.45) is 4.23. The summed E-state index contributed by atoms with van der Waals surface area (Å²) in [6, 6.07) is 1.08. The monoisotopic (exact) mass is 800 g/mol. The lowest BCUT2D eigenvalue weighted by atomic mass is 9.85. The van der Waals surface area contributed by atoms with Gasteiger partial charge in [0.1, 0.15) is 30.2 Å². The number of carboxylic acids is 1. The Bertz CT molecular complexity index is 1680. The van der Waals surface area contributed by atoms with Gasteiger partial charge in [-0.2, -0.15) is 0 Å². The minimum absolute atomic E-state index is 0.0121. The van der Waals surface area contributed by atoms with Crippen LogP contribution in [-0.2, 0) is 35.2 Å². The molecule has 1 heterocycles. The molecule has 318 valence electrons. The summed E-state index contributed by atoms with van der Waals surface area (Å²) in [5.41, 5.74) is 17.1. The number of aliphatic imine (C=N–C) groups is 1. The van der Waals surface area contributed by atoms with E-state index >= 15 is 0 Å². The highest BCUT2D eigenvalue weighted by molar-refractivity contribution is 5.97. The van der Waals surface area contributed by atoms with Gasteiger partial charge in [0.05, 0.1) is 6.04 Å². The van der Waals surface area contributed by atoms with Crippen LogP contribution in [0.15, 0.2) is 35.5 Å². The van der Waals surface area contributed by atoms with E-state index < -0.39 is 77.2 Å². The number of aromatic nitrogens is 1. The van der Waals surface area contributed by atoms with Crippen LogP contribution in [0.25, 0.3) is 10.9 Å². The van der Waals surface area contributed by atoms with Crippen LogP contribution in [0.2, 0.25) is 0 Å². The quantitative estimate of drug-likeness (QED) is 0.0385. The fourth-order valence-corrected chi connectivity index (χ4v) is 6.22. The largest absolute Gasteiger partial charge is 0.480 e. The predicted molar refractivity (Wildman–Crippen MR) is 220 cm³/mol. The SMILES string of the molecule is CN[C@@H](CCCN=C(N)N)C(=O)N[C@@H](CCCCN)C(=O)N[C@@H](C)C(=O)N[C@@H](Cc1c[nH]c2ccccc12)C(=O)N[C@H](C(=O)N[C@@H](CC(C)C)C(=O)O)C(C)(C)C. The number of amides is 5. The lowest BCUT2D eigenvalue weighted by molar-refractivity contribution is -0.143. The summed E-state index contributed by atoms with van der Waals surface area (Å²) in [6.45, 7) is 11.0. The summed E-state index contributed by atoms with van der Waals surface area (Å²) in [7, 11) is 1.62. The molecule has 1 aromatic heterocycles. The van der Waals surface area contributed by atoms with Gasteiger partial charge in [0.25, 0.3) is 0 Å². The highest BCUT2D eigenvalue weighted by Gasteiger charge is 2.37. The third-order valence-corrected chi connectivity index (χ3v) is 9.41. The highest BCUT2D eigenvalue weighted by atomic mass is 16.4. The summed E-state index contributed by atoms with van der Waals surface area (Å²) in [5.74, 6) is -4.36. The van der Waals surface area contributed by atoms with Gasteiger partial charge in [-0.3, -0.25) is 29.0 Å². The van der Waals surface area contributed by atoms with Gasteiger partial charge in [0, 0.05) is 30.1 Å². The van der Waals surface area contributed by atoms with Gasteiger partial charge in [0.15, 0.2) is 5.96 Å². The molecule has 1 aromatic carbocycles. The van der Waals surface area contributed by atoms with Crippen molar-refractivity contribution >= 4 is 52.4 Å². The van der Waals surface area contributed by atoms with Gasteiger partial charge in [-0.05, 0) is 82.0 Å². The summed E-state index contributed by atoms with van der Waals surface area (Å²) in [5, 5.41) is 27.1. The molecule has 0 fully saturated rings. The van der Waals surface area contributed by atoms with E-state index in [1.807, 2.05) is 38.1 Å². The number of carboxylic acid groups (broad SMARTS) is 1. The number of carbonyl (C=O) groups excluding carboxylic acids is 5. The van der Waals surface area contributed by atoms with Crippen LogP contribution >= 0.6 is 0 Å². The van der Waals surface area contributed by atoms with Crippen molar-refractivity contribution in [3.63, 3.8) is 0 Å². The Morgan fingerprint density at radius 1 is 0.772 bits per heavy atom. The van der Waals surface area contributed by atoms with Gasteiger partial charge in [-0.15, -0.1) is 0 Å². The Hall–Kier alpha value is -5.23. The topological polar surface area (TPSA) is 301 Å². The van der Waals surface area contributed by atoms with Gasteiger partial charge in [0.2, 0.25) is 29.5 Å². The van der Waals surface area contributed by atoms with E-state index in [0.717, 1.165) is 10.9 Å². The number of hydrogen-bond donors (Lipinski definition) is 11. The van der Waals surface area contributed by atoms with E-state index in [1.165, 1.54) is 6.92 Å². The lowest BCUT2D eigenvalue weighted by Crippen LogP contribution is -2.61. The molecule has 0 aliphatic carbocycles. The number of unbranched alkanes of at least 4 members (excludes halogenated alkanes) is 1. The molecule has 0 saturated heterocycles. The van der Waals surface area contributed by atoms with Crippen LogP contribution in [0.3, 0.4) is 0 Å². The number of H-pyrrole nitrogens is 1. The van der Waals surface area contributed by atoms with Crippen molar-refractivity contribution in [2.75, 3.05) is 20.1 Å². The minimum atomic E-state index is -1.23. The van der Waals surface area contributed by atoms with Crippen molar-refractivity contribution in [1.82, 2.24) is 36.9 Å². The first-order valence-electron chi connectivity index (χ1n) is 19.5.